The number of carbonyl (C=O) groups excluding carboxylic acids is 1. The van der Waals surface area contributed by atoms with Gasteiger partial charge in [0, 0.05) is 34.3 Å². The van der Waals surface area contributed by atoms with Crippen LogP contribution in [0.25, 0.3) is 0 Å². The summed E-state index contributed by atoms with van der Waals surface area (Å²) < 4.78 is 0. The minimum Gasteiger partial charge on any atom is -0.364 e. The molecule has 1 aliphatic heterocycles. The molecule has 3 rings (SSSR count). The Labute approximate surface area is 193 Å². The molecule has 7 nitrogen and oxygen atoms in total. The monoisotopic (exact) mass is 454 g/mol. The molecule has 2 aromatic rings. The minimum absolute atomic E-state index is 0.0304. The SMILES string of the molecule is CC(C)N1c2ccc(/C=N\NC(=O)CSc3ccc([N+](=O)[O-])cc3)cc2[C@@H](C)CC1(C)C. The Morgan fingerprint density at radius 3 is 2.62 bits per heavy atom. The number of nitrogens with one attached hydrogen (secondary N) is 1. The maximum absolute atomic E-state index is 12.1. The highest BCUT2D eigenvalue weighted by Crippen LogP contribution is 2.44. The van der Waals surface area contributed by atoms with E-state index in [9.17, 15) is 14.9 Å². The van der Waals surface area contributed by atoms with Gasteiger partial charge >= 0.3 is 0 Å². The topological polar surface area (TPSA) is 87.8 Å². The molecule has 1 N–H and O–H groups in total. The van der Waals surface area contributed by atoms with Crippen LogP contribution in [0.2, 0.25) is 0 Å². The van der Waals surface area contributed by atoms with E-state index in [1.54, 1.807) is 18.3 Å². The van der Waals surface area contributed by atoms with Crippen molar-refractivity contribution < 1.29 is 9.72 Å². The predicted molar refractivity (Wildman–Crippen MR) is 131 cm³/mol. The van der Waals surface area contributed by atoms with Crippen LogP contribution in [0.3, 0.4) is 0 Å². The number of nitro groups is 1. The number of thioether (sulfide) groups is 1. The van der Waals surface area contributed by atoms with Gasteiger partial charge in [-0.25, -0.2) is 5.43 Å². The lowest BCUT2D eigenvalue weighted by Crippen LogP contribution is -2.51. The predicted octanol–water partition coefficient (Wildman–Crippen LogP) is 5.34. The number of amides is 1. The van der Waals surface area contributed by atoms with Crippen LogP contribution in [-0.4, -0.2) is 34.4 Å². The normalized spacial score (nSPS) is 17.4. The molecule has 2 aromatic carbocycles. The van der Waals surface area contributed by atoms with Crippen molar-refractivity contribution in [2.75, 3.05) is 10.7 Å². The fourth-order valence-corrected chi connectivity index (χ4v) is 5.24. The fraction of sp³-hybridized carbons (Fsp3) is 0.417. The summed E-state index contributed by atoms with van der Waals surface area (Å²) in [4.78, 5) is 25.6. The van der Waals surface area contributed by atoms with Gasteiger partial charge in [-0.15, -0.1) is 11.8 Å². The number of fused-ring (bicyclic) bond motifs is 1. The second kappa shape index (κ2) is 9.73. The van der Waals surface area contributed by atoms with Crippen molar-refractivity contribution in [2.45, 2.75) is 63.4 Å². The Balaban J connectivity index is 1.60. The molecule has 1 heterocycles. The van der Waals surface area contributed by atoms with E-state index in [4.69, 9.17) is 0 Å². The van der Waals surface area contributed by atoms with Gasteiger partial charge in [0.2, 0.25) is 5.91 Å². The zero-order valence-corrected chi connectivity index (χ0v) is 20.0. The molecule has 8 heteroatoms. The highest BCUT2D eigenvalue weighted by atomic mass is 32.2. The second-order valence-electron chi connectivity index (χ2n) is 9.03. The summed E-state index contributed by atoms with van der Waals surface area (Å²) in [6.45, 7) is 11.3. The van der Waals surface area contributed by atoms with E-state index in [1.165, 1.54) is 35.1 Å². The maximum Gasteiger partial charge on any atom is 0.269 e. The first kappa shape index (κ1) is 23.8. The number of nitrogens with zero attached hydrogens (tertiary/aromatic N) is 3. The number of hydrogen-bond acceptors (Lipinski definition) is 6. The molecule has 0 bridgehead atoms. The van der Waals surface area contributed by atoms with Gasteiger partial charge in [-0.05, 0) is 75.4 Å². The molecule has 1 atom stereocenters. The van der Waals surface area contributed by atoms with E-state index in [1.807, 2.05) is 6.07 Å². The number of rotatable bonds is 7. The van der Waals surface area contributed by atoms with Crippen molar-refractivity contribution in [1.82, 2.24) is 5.43 Å². The van der Waals surface area contributed by atoms with E-state index in [0.717, 1.165) is 16.9 Å². The van der Waals surface area contributed by atoms with Crippen LogP contribution in [0.5, 0.6) is 0 Å². The maximum atomic E-state index is 12.1. The molecule has 0 aromatic heterocycles. The Hall–Kier alpha value is -2.87. The van der Waals surface area contributed by atoms with E-state index >= 15 is 0 Å². The molecule has 1 aliphatic rings. The molecule has 0 saturated heterocycles. The van der Waals surface area contributed by atoms with Crippen molar-refractivity contribution in [2.24, 2.45) is 5.10 Å². The van der Waals surface area contributed by atoms with Gasteiger partial charge in [0.25, 0.3) is 5.69 Å². The highest BCUT2D eigenvalue weighted by molar-refractivity contribution is 8.00. The number of carbonyl (C=O) groups is 1. The summed E-state index contributed by atoms with van der Waals surface area (Å²) in [6, 6.07) is 12.9. The van der Waals surface area contributed by atoms with Gasteiger partial charge in [0.05, 0.1) is 16.9 Å². The lowest BCUT2D eigenvalue weighted by molar-refractivity contribution is -0.384. The summed E-state index contributed by atoms with van der Waals surface area (Å²) in [5.74, 6) is 0.383. The number of hydrazone groups is 1. The number of hydrogen-bond donors (Lipinski definition) is 1. The largest absolute Gasteiger partial charge is 0.364 e. The highest BCUT2D eigenvalue weighted by Gasteiger charge is 2.37. The first-order valence-electron chi connectivity index (χ1n) is 10.7. The van der Waals surface area contributed by atoms with Crippen molar-refractivity contribution >= 4 is 35.3 Å². The number of benzene rings is 2. The van der Waals surface area contributed by atoms with Gasteiger partial charge in [-0.3, -0.25) is 14.9 Å². The number of anilines is 1. The molecule has 0 spiro atoms. The molecule has 0 aliphatic carbocycles. The molecule has 1 amide bonds. The third kappa shape index (κ3) is 5.48. The van der Waals surface area contributed by atoms with Crippen LogP contribution in [0.15, 0.2) is 52.5 Å². The lowest BCUT2D eigenvalue weighted by Gasteiger charge is -2.50. The quantitative estimate of drug-likeness (QED) is 0.264. The van der Waals surface area contributed by atoms with Crippen molar-refractivity contribution in [1.29, 1.82) is 0 Å². The number of non-ortho nitro benzene ring substituents is 1. The molecule has 32 heavy (non-hydrogen) atoms. The van der Waals surface area contributed by atoms with Gasteiger partial charge in [0.15, 0.2) is 0 Å². The number of nitro benzene ring substituents is 1. The van der Waals surface area contributed by atoms with Gasteiger partial charge in [-0.2, -0.15) is 5.10 Å². The standard InChI is InChI=1S/C24H30N4O3S/c1-16(2)27-22-11-6-18(12-21(22)17(3)13-24(27,4)5)14-25-26-23(29)15-32-20-9-7-19(8-10-20)28(30)31/h6-12,14,16-17H,13,15H2,1-5H3,(H,26,29)/b25-14-/t17-/m0/s1. The second-order valence-corrected chi connectivity index (χ2v) is 10.1. The van der Waals surface area contributed by atoms with Gasteiger partial charge in [-0.1, -0.05) is 13.0 Å². The van der Waals surface area contributed by atoms with Crippen LogP contribution in [0, 0.1) is 10.1 Å². The van der Waals surface area contributed by atoms with Crippen molar-refractivity contribution in [3.8, 4) is 0 Å². The van der Waals surface area contributed by atoms with Crippen LogP contribution < -0.4 is 10.3 Å². The minimum atomic E-state index is -0.446. The van der Waals surface area contributed by atoms with Gasteiger partial charge < -0.3 is 4.90 Å². The Bertz CT molecular complexity index is 1020. The summed E-state index contributed by atoms with van der Waals surface area (Å²) in [7, 11) is 0. The average Bonchev–Trinajstić information content (AvgIpc) is 2.72. The summed E-state index contributed by atoms with van der Waals surface area (Å²) in [5, 5.41) is 14.8. The molecular weight excluding hydrogens is 424 g/mol. The zero-order chi connectivity index (χ0) is 23.5. The molecule has 0 fully saturated rings. The Kier molecular flexibility index (Phi) is 7.23. The van der Waals surface area contributed by atoms with Crippen molar-refractivity contribution in [3.05, 3.63) is 63.7 Å². The Morgan fingerprint density at radius 1 is 1.31 bits per heavy atom. The summed E-state index contributed by atoms with van der Waals surface area (Å²) in [6.07, 6.45) is 2.75. The average molecular weight is 455 g/mol. The summed E-state index contributed by atoms with van der Waals surface area (Å²) in [5.41, 5.74) is 6.21. The smallest absolute Gasteiger partial charge is 0.269 e. The van der Waals surface area contributed by atoms with Crippen LogP contribution in [0.1, 0.15) is 58.1 Å². The first-order chi connectivity index (χ1) is 15.1. The molecular formula is C24H30N4O3S. The molecule has 0 unspecified atom stereocenters. The molecule has 0 saturated carbocycles. The van der Waals surface area contributed by atoms with Gasteiger partial charge in [0.1, 0.15) is 0 Å². The molecule has 170 valence electrons. The molecule has 0 radical (unpaired) electrons. The van der Waals surface area contributed by atoms with Crippen molar-refractivity contribution in [3.63, 3.8) is 0 Å². The zero-order valence-electron chi connectivity index (χ0n) is 19.2. The fourth-order valence-electron chi connectivity index (χ4n) is 4.55. The Morgan fingerprint density at radius 2 is 2.00 bits per heavy atom. The third-order valence-electron chi connectivity index (χ3n) is 5.64. The van der Waals surface area contributed by atoms with E-state index in [0.29, 0.717) is 12.0 Å². The third-order valence-corrected chi connectivity index (χ3v) is 6.65. The van der Waals surface area contributed by atoms with Crippen LogP contribution in [0.4, 0.5) is 11.4 Å². The lowest BCUT2D eigenvalue weighted by atomic mass is 9.79. The van der Waals surface area contributed by atoms with E-state index in [-0.39, 0.29) is 22.9 Å². The van der Waals surface area contributed by atoms with Crippen LogP contribution in [-0.2, 0) is 4.79 Å². The van der Waals surface area contributed by atoms with Crippen LogP contribution >= 0.6 is 11.8 Å². The van der Waals surface area contributed by atoms with E-state index in [2.05, 4.69) is 62.2 Å². The summed E-state index contributed by atoms with van der Waals surface area (Å²) >= 11 is 1.30. The first-order valence-corrected chi connectivity index (χ1v) is 11.7. The van der Waals surface area contributed by atoms with E-state index < -0.39 is 4.92 Å².